The van der Waals surface area contributed by atoms with Crippen molar-refractivity contribution in [3.8, 4) is 0 Å². The molecule has 1 aliphatic heterocycles. The number of halogens is 6. The Bertz CT molecular complexity index is 1110. The van der Waals surface area contributed by atoms with E-state index in [9.17, 15) is 44.3 Å². The minimum atomic E-state index is -5.98. The van der Waals surface area contributed by atoms with Gasteiger partial charge in [0.15, 0.2) is 0 Å². The number of nitrogens with zero attached hydrogens (tertiary/aromatic N) is 2. The van der Waals surface area contributed by atoms with Crippen molar-refractivity contribution in [1.29, 1.82) is 0 Å². The van der Waals surface area contributed by atoms with Crippen LogP contribution in [-0.4, -0.2) is 44.8 Å². The summed E-state index contributed by atoms with van der Waals surface area (Å²) in [7, 11) is -5.98. The SMILES string of the molecule is O=C1C2CCCCC2C(=O)N1[SH](=O)(O)C(F)(F)F.O=S(On1cc2ccccc2c1)C(F)(F)F. The lowest BCUT2D eigenvalue weighted by Gasteiger charge is -2.32. The van der Waals surface area contributed by atoms with E-state index < -0.39 is 60.5 Å². The van der Waals surface area contributed by atoms with Gasteiger partial charge in [-0.05, 0) is 23.2 Å². The summed E-state index contributed by atoms with van der Waals surface area (Å²) in [5.41, 5.74) is -10.4. The lowest BCUT2D eigenvalue weighted by atomic mass is 9.81. The van der Waals surface area contributed by atoms with Crippen LogP contribution in [0.3, 0.4) is 0 Å². The maximum absolute atomic E-state index is 12.5. The minimum Gasteiger partial charge on any atom is -0.302 e. The van der Waals surface area contributed by atoms with Gasteiger partial charge in [-0.1, -0.05) is 37.1 Å². The van der Waals surface area contributed by atoms with Crippen molar-refractivity contribution < 1.29 is 53.2 Å². The third-order valence-electron chi connectivity index (χ3n) is 5.29. The summed E-state index contributed by atoms with van der Waals surface area (Å²) >= 11 is -3.35. The number of hydrogen-bond donors (Lipinski definition) is 2. The quantitative estimate of drug-likeness (QED) is 0.354. The summed E-state index contributed by atoms with van der Waals surface area (Å²) in [4.78, 5) is 23.4. The number of aromatic nitrogens is 1. The van der Waals surface area contributed by atoms with Crippen LogP contribution in [0.25, 0.3) is 10.8 Å². The number of hydrogen-bond acceptors (Lipinski definition) is 5. The molecular formula is C18H18F6N2O6S2. The second kappa shape index (κ2) is 9.30. The molecule has 8 nitrogen and oxygen atoms in total. The smallest absolute Gasteiger partial charge is 0.302 e. The van der Waals surface area contributed by atoms with E-state index in [0.29, 0.717) is 36.5 Å². The van der Waals surface area contributed by atoms with E-state index >= 15 is 0 Å². The van der Waals surface area contributed by atoms with Crippen molar-refractivity contribution in [1.82, 2.24) is 9.04 Å². The number of imide groups is 1. The third-order valence-corrected chi connectivity index (χ3v) is 7.57. The minimum absolute atomic E-state index is 0.295. The molecular weight excluding hydrogens is 518 g/mol. The topological polar surface area (TPSA) is 106 Å². The predicted octanol–water partition coefficient (Wildman–Crippen LogP) is 3.34. The fourth-order valence-electron chi connectivity index (χ4n) is 3.75. The molecule has 0 spiro atoms. The maximum atomic E-state index is 12.5. The van der Waals surface area contributed by atoms with Crippen LogP contribution < -0.4 is 4.28 Å². The van der Waals surface area contributed by atoms with E-state index in [0.717, 1.165) is 4.73 Å². The number of benzene rings is 1. The zero-order valence-corrected chi connectivity index (χ0v) is 18.7. The number of alkyl halides is 6. The van der Waals surface area contributed by atoms with E-state index in [1.165, 1.54) is 12.4 Å². The van der Waals surface area contributed by atoms with Gasteiger partial charge in [-0.25, -0.2) is 4.21 Å². The van der Waals surface area contributed by atoms with E-state index in [1.807, 2.05) is 0 Å². The molecule has 34 heavy (non-hydrogen) atoms. The van der Waals surface area contributed by atoms with Crippen LogP contribution in [0.5, 0.6) is 0 Å². The van der Waals surface area contributed by atoms with Crippen molar-refractivity contribution >= 4 is 44.1 Å². The summed E-state index contributed by atoms with van der Waals surface area (Å²) in [6, 6.07) is 6.91. The van der Waals surface area contributed by atoms with Gasteiger partial charge in [-0.3, -0.25) is 14.1 Å². The predicted molar refractivity (Wildman–Crippen MR) is 108 cm³/mol. The van der Waals surface area contributed by atoms with Gasteiger partial charge in [0.05, 0.1) is 24.2 Å². The number of carbonyl (C=O) groups is 2. The third kappa shape index (κ3) is 5.12. The number of fused-ring (bicyclic) bond motifs is 2. The monoisotopic (exact) mass is 536 g/mol. The fraction of sp³-hybridized carbons (Fsp3) is 0.444. The Hall–Kier alpha value is -2.46. The van der Waals surface area contributed by atoms with E-state index in [-0.39, 0.29) is 0 Å². The molecule has 16 heteroatoms. The zero-order chi connectivity index (χ0) is 25.5. The van der Waals surface area contributed by atoms with Crippen LogP contribution in [0.2, 0.25) is 0 Å². The Balaban J connectivity index is 0.000000192. The fourth-order valence-corrected chi connectivity index (χ4v) is 5.13. The molecule has 2 aromatic rings. The van der Waals surface area contributed by atoms with Crippen LogP contribution in [-0.2, 0) is 31.1 Å². The molecule has 1 aromatic carbocycles. The second-order valence-electron chi connectivity index (χ2n) is 7.50. The molecule has 190 valence electrons. The largest absolute Gasteiger partial charge is 0.510 e. The van der Waals surface area contributed by atoms with Crippen LogP contribution in [0.15, 0.2) is 36.7 Å². The summed E-state index contributed by atoms with van der Waals surface area (Å²) in [6.45, 7) is 0. The molecule has 1 N–H and O–H groups in total. The van der Waals surface area contributed by atoms with Gasteiger partial charge in [0, 0.05) is 10.8 Å². The maximum Gasteiger partial charge on any atom is 0.510 e. The highest BCUT2D eigenvalue weighted by Gasteiger charge is 2.57. The molecule has 0 bridgehead atoms. The highest BCUT2D eigenvalue weighted by atomic mass is 32.3. The first-order valence-corrected chi connectivity index (χ1v) is 12.4. The molecule has 4 rings (SSSR count). The molecule has 2 amide bonds. The number of rotatable bonds is 3. The molecule has 1 aromatic heterocycles. The van der Waals surface area contributed by atoms with Crippen molar-refractivity contribution in [2.75, 3.05) is 0 Å². The summed E-state index contributed by atoms with van der Waals surface area (Å²) in [5, 5.41) is 1.42. The zero-order valence-electron chi connectivity index (χ0n) is 17.0. The first-order chi connectivity index (χ1) is 15.6. The lowest BCUT2D eigenvalue weighted by molar-refractivity contribution is -0.136. The van der Waals surface area contributed by atoms with Crippen molar-refractivity contribution in [3.63, 3.8) is 0 Å². The first-order valence-electron chi connectivity index (χ1n) is 9.66. The standard InChI is InChI=1S/C9H12F3NO4S.C9H6F3NO2S/c10-9(11,12)18(16,17)13-7(14)5-3-1-2-4-6(5)8(13)15;10-9(11,12)16(14)15-13-5-7-3-1-2-4-8(7)6-13/h5-6,18H,1-4H2,(H,16,17);1-6H. The van der Waals surface area contributed by atoms with Gasteiger partial charge in [0.25, 0.3) is 11.8 Å². The molecule has 2 heterocycles. The summed E-state index contributed by atoms with van der Waals surface area (Å²) in [6.07, 6.45) is 4.52. The number of thiol groups is 1. The average Bonchev–Trinajstić information content (AvgIpc) is 3.25. The molecule has 0 radical (unpaired) electrons. The molecule has 2 fully saturated rings. The van der Waals surface area contributed by atoms with Crippen LogP contribution >= 0.6 is 0 Å². The molecule has 2 aliphatic rings. The Morgan fingerprint density at radius 3 is 1.76 bits per heavy atom. The highest BCUT2D eigenvalue weighted by Crippen LogP contribution is 2.43. The van der Waals surface area contributed by atoms with Crippen LogP contribution in [0.4, 0.5) is 26.3 Å². The summed E-state index contributed by atoms with van der Waals surface area (Å²) in [5.74, 6) is -4.05. The van der Waals surface area contributed by atoms with Crippen LogP contribution in [0, 0.1) is 11.8 Å². The van der Waals surface area contributed by atoms with Gasteiger partial charge in [-0.2, -0.15) is 39.6 Å². The molecule has 1 aliphatic carbocycles. The molecule has 3 unspecified atom stereocenters. The van der Waals surface area contributed by atoms with Crippen molar-refractivity contribution in [3.05, 3.63) is 36.7 Å². The number of amides is 2. The second-order valence-corrected chi connectivity index (χ2v) is 10.6. The highest BCUT2D eigenvalue weighted by molar-refractivity contribution is 7.97. The lowest BCUT2D eigenvalue weighted by Crippen LogP contribution is -2.49. The van der Waals surface area contributed by atoms with Gasteiger partial charge in [0.2, 0.25) is 0 Å². The first kappa shape index (κ1) is 26.2. The van der Waals surface area contributed by atoms with Crippen molar-refractivity contribution in [2.45, 2.75) is 36.7 Å². The Morgan fingerprint density at radius 1 is 0.941 bits per heavy atom. The Morgan fingerprint density at radius 2 is 1.38 bits per heavy atom. The average molecular weight is 536 g/mol. The van der Waals surface area contributed by atoms with E-state index in [1.54, 1.807) is 24.3 Å². The Labute approximate surface area is 191 Å². The van der Waals surface area contributed by atoms with Crippen molar-refractivity contribution in [2.24, 2.45) is 11.8 Å². The van der Waals surface area contributed by atoms with Gasteiger partial charge >= 0.3 is 22.1 Å². The van der Waals surface area contributed by atoms with Crippen LogP contribution in [0.1, 0.15) is 25.7 Å². The van der Waals surface area contributed by atoms with E-state index in [4.69, 9.17) is 4.55 Å². The van der Waals surface area contributed by atoms with Gasteiger partial charge in [-0.15, -0.1) is 0 Å². The van der Waals surface area contributed by atoms with Gasteiger partial charge in [0.1, 0.15) is 0 Å². The molecule has 1 saturated heterocycles. The normalized spacial score (nSPS) is 22.7. The Kier molecular flexibility index (Phi) is 7.15. The molecule has 3 atom stereocenters. The summed E-state index contributed by atoms with van der Waals surface area (Å²) < 4.78 is 109. The van der Waals surface area contributed by atoms with E-state index in [2.05, 4.69) is 4.28 Å². The molecule has 1 saturated carbocycles. The van der Waals surface area contributed by atoms with Gasteiger partial charge < -0.3 is 4.28 Å². The number of carbonyl (C=O) groups excluding carboxylic acids is 2.